The molecule has 0 aromatic heterocycles. The highest BCUT2D eigenvalue weighted by Gasteiger charge is 2.35. The molecule has 2 N–H and O–H groups in total. The summed E-state index contributed by atoms with van der Waals surface area (Å²) in [5, 5.41) is 0. The van der Waals surface area contributed by atoms with Crippen LogP contribution in [0.1, 0.15) is 25.7 Å². The van der Waals surface area contributed by atoms with E-state index in [0.717, 1.165) is 18.6 Å². The maximum atomic E-state index is 5.57. The summed E-state index contributed by atoms with van der Waals surface area (Å²) in [7, 11) is 2.21. The largest absolute Gasteiger partial charge is 0.330 e. The molecule has 2 rings (SSSR count). The van der Waals surface area contributed by atoms with Crippen LogP contribution in [0.15, 0.2) is 0 Å². The number of nitrogens with two attached hydrogens (primary N) is 1. The van der Waals surface area contributed by atoms with E-state index in [9.17, 15) is 0 Å². The van der Waals surface area contributed by atoms with Gasteiger partial charge >= 0.3 is 0 Å². The third kappa shape index (κ3) is 2.10. The van der Waals surface area contributed by atoms with Crippen LogP contribution in [0.5, 0.6) is 0 Å². The Labute approximate surface area is 87.2 Å². The Morgan fingerprint density at radius 2 is 2.14 bits per heavy atom. The summed E-state index contributed by atoms with van der Waals surface area (Å²) in [6.45, 7) is 4.74. The highest BCUT2D eigenvalue weighted by molar-refractivity contribution is 4.92. The molecule has 3 heteroatoms. The zero-order valence-corrected chi connectivity index (χ0v) is 9.28. The fraction of sp³-hybridized carbons (Fsp3) is 1.00. The number of likely N-dealkylation sites (N-methyl/N-ethyl adjacent to an activating group) is 1. The minimum absolute atomic E-state index is 0.845. The van der Waals surface area contributed by atoms with Crippen molar-refractivity contribution in [2.45, 2.75) is 37.8 Å². The van der Waals surface area contributed by atoms with Crippen LogP contribution in [0.2, 0.25) is 0 Å². The van der Waals surface area contributed by atoms with Crippen molar-refractivity contribution in [3.8, 4) is 0 Å². The molecule has 3 nitrogen and oxygen atoms in total. The van der Waals surface area contributed by atoms with E-state index >= 15 is 0 Å². The average Bonchev–Trinajstić information content (AvgIpc) is 2.57. The van der Waals surface area contributed by atoms with E-state index in [-0.39, 0.29) is 0 Å². The normalized spacial score (nSPS) is 30.9. The number of nitrogens with zero attached hydrogens (tertiary/aromatic N) is 2. The second-order valence-electron chi connectivity index (χ2n) is 4.84. The Morgan fingerprint density at radius 3 is 2.79 bits per heavy atom. The molecule has 0 amide bonds. The molecule has 82 valence electrons. The van der Waals surface area contributed by atoms with Crippen molar-refractivity contribution in [2.75, 3.05) is 33.2 Å². The number of likely N-dealkylation sites (tertiary alicyclic amines) is 2. The van der Waals surface area contributed by atoms with E-state index in [4.69, 9.17) is 5.73 Å². The van der Waals surface area contributed by atoms with Crippen LogP contribution in [-0.4, -0.2) is 55.1 Å². The lowest BCUT2D eigenvalue weighted by atomic mass is 10.0. The lowest BCUT2D eigenvalue weighted by Gasteiger charge is -2.44. The van der Waals surface area contributed by atoms with Gasteiger partial charge in [-0.2, -0.15) is 0 Å². The second-order valence-corrected chi connectivity index (χ2v) is 4.84. The van der Waals surface area contributed by atoms with Gasteiger partial charge in [-0.15, -0.1) is 0 Å². The maximum Gasteiger partial charge on any atom is 0.0353 e. The third-order valence-corrected chi connectivity index (χ3v) is 3.68. The fourth-order valence-corrected chi connectivity index (χ4v) is 2.88. The monoisotopic (exact) mass is 197 g/mol. The highest BCUT2D eigenvalue weighted by Crippen LogP contribution is 2.26. The van der Waals surface area contributed by atoms with E-state index in [1.165, 1.54) is 45.3 Å². The summed E-state index contributed by atoms with van der Waals surface area (Å²) in [4.78, 5) is 5.14. The van der Waals surface area contributed by atoms with Crippen LogP contribution in [0.3, 0.4) is 0 Å². The van der Waals surface area contributed by atoms with Gasteiger partial charge in [0.15, 0.2) is 0 Å². The van der Waals surface area contributed by atoms with E-state index in [1.54, 1.807) is 0 Å². The molecular weight excluding hydrogens is 174 g/mol. The van der Waals surface area contributed by atoms with Crippen LogP contribution in [0.25, 0.3) is 0 Å². The second kappa shape index (κ2) is 4.60. The molecule has 2 saturated heterocycles. The Kier molecular flexibility index (Phi) is 3.42. The molecule has 0 aromatic carbocycles. The molecule has 0 bridgehead atoms. The van der Waals surface area contributed by atoms with Gasteiger partial charge in [-0.25, -0.2) is 0 Å². The van der Waals surface area contributed by atoms with Crippen molar-refractivity contribution in [3.05, 3.63) is 0 Å². The van der Waals surface area contributed by atoms with Crippen LogP contribution in [0.4, 0.5) is 0 Å². The highest BCUT2D eigenvalue weighted by atomic mass is 15.3. The van der Waals surface area contributed by atoms with Crippen LogP contribution >= 0.6 is 0 Å². The SMILES string of the molecule is CN1CC(N2CCCC2CCCN)C1. The molecule has 0 aliphatic carbocycles. The van der Waals surface area contributed by atoms with Gasteiger partial charge in [0.1, 0.15) is 0 Å². The topological polar surface area (TPSA) is 32.5 Å². The van der Waals surface area contributed by atoms with Gasteiger partial charge in [0.05, 0.1) is 0 Å². The van der Waals surface area contributed by atoms with E-state index in [1.807, 2.05) is 0 Å². The van der Waals surface area contributed by atoms with Crippen molar-refractivity contribution >= 4 is 0 Å². The lowest BCUT2D eigenvalue weighted by molar-refractivity contribution is 0.0415. The molecule has 2 fully saturated rings. The predicted octanol–water partition coefficient (Wildman–Crippen LogP) is 0.504. The first-order chi connectivity index (χ1) is 6.81. The molecule has 0 aromatic rings. The molecule has 2 aliphatic rings. The number of hydrogen-bond donors (Lipinski definition) is 1. The smallest absolute Gasteiger partial charge is 0.0353 e. The van der Waals surface area contributed by atoms with Gasteiger partial charge < -0.3 is 10.6 Å². The Balaban J connectivity index is 1.78. The van der Waals surface area contributed by atoms with Crippen LogP contribution in [0, 0.1) is 0 Å². The Hall–Kier alpha value is -0.120. The molecule has 0 radical (unpaired) electrons. The summed E-state index contributed by atoms with van der Waals surface area (Å²) in [5.41, 5.74) is 5.57. The molecule has 14 heavy (non-hydrogen) atoms. The third-order valence-electron chi connectivity index (χ3n) is 3.68. The summed E-state index contributed by atoms with van der Waals surface area (Å²) in [5.74, 6) is 0. The zero-order chi connectivity index (χ0) is 9.97. The van der Waals surface area contributed by atoms with Gasteiger partial charge in [-0.3, -0.25) is 4.90 Å². The number of hydrogen-bond acceptors (Lipinski definition) is 3. The first kappa shape index (κ1) is 10.4. The van der Waals surface area contributed by atoms with Gasteiger partial charge in [0.2, 0.25) is 0 Å². The number of rotatable bonds is 4. The van der Waals surface area contributed by atoms with Crippen molar-refractivity contribution in [1.29, 1.82) is 0 Å². The molecule has 1 unspecified atom stereocenters. The fourth-order valence-electron chi connectivity index (χ4n) is 2.88. The van der Waals surface area contributed by atoms with Crippen molar-refractivity contribution < 1.29 is 0 Å². The van der Waals surface area contributed by atoms with E-state index in [0.29, 0.717) is 0 Å². The van der Waals surface area contributed by atoms with Crippen LogP contribution < -0.4 is 5.73 Å². The first-order valence-corrected chi connectivity index (χ1v) is 5.95. The molecule has 1 atom stereocenters. The van der Waals surface area contributed by atoms with Gasteiger partial charge in [0.25, 0.3) is 0 Å². The average molecular weight is 197 g/mol. The van der Waals surface area contributed by atoms with E-state index in [2.05, 4.69) is 16.8 Å². The van der Waals surface area contributed by atoms with Crippen molar-refractivity contribution in [2.24, 2.45) is 5.73 Å². The van der Waals surface area contributed by atoms with Gasteiger partial charge in [0, 0.05) is 25.2 Å². The summed E-state index contributed by atoms with van der Waals surface area (Å²) >= 11 is 0. The molecule has 2 heterocycles. The summed E-state index contributed by atoms with van der Waals surface area (Å²) in [6.07, 6.45) is 5.32. The molecule has 0 spiro atoms. The summed E-state index contributed by atoms with van der Waals surface area (Å²) in [6, 6.07) is 1.70. The first-order valence-electron chi connectivity index (χ1n) is 5.95. The summed E-state index contributed by atoms with van der Waals surface area (Å²) < 4.78 is 0. The minimum Gasteiger partial charge on any atom is -0.330 e. The molecular formula is C11H23N3. The van der Waals surface area contributed by atoms with Crippen molar-refractivity contribution in [3.63, 3.8) is 0 Å². The Bertz CT molecular complexity index is 177. The lowest BCUT2D eigenvalue weighted by Crippen LogP contribution is -2.58. The minimum atomic E-state index is 0.845. The zero-order valence-electron chi connectivity index (χ0n) is 9.28. The van der Waals surface area contributed by atoms with Crippen molar-refractivity contribution in [1.82, 2.24) is 9.80 Å². The van der Waals surface area contributed by atoms with Crippen LogP contribution in [-0.2, 0) is 0 Å². The quantitative estimate of drug-likeness (QED) is 0.712. The molecule has 0 saturated carbocycles. The predicted molar refractivity (Wildman–Crippen MR) is 59.3 cm³/mol. The van der Waals surface area contributed by atoms with E-state index < -0.39 is 0 Å². The van der Waals surface area contributed by atoms with Gasteiger partial charge in [-0.05, 0) is 45.8 Å². The molecule has 2 aliphatic heterocycles. The Morgan fingerprint density at radius 1 is 1.36 bits per heavy atom. The maximum absolute atomic E-state index is 5.57. The van der Waals surface area contributed by atoms with Gasteiger partial charge in [-0.1, -0.05) is 0 Å². The standard InChI is InChI=1S/C11H23N3/c1-13-8-11(9-13)14-7-3-5-10(14)4-2-6-12/h10-11H,2-9,12H2,1H3.